The van der Waals surface area contributed by atoms with Gasteiger partial charge in [0.2, 0.25) is 23.6 Å². The Bertz CT molecular complexity index is 766. The number of aliphatic hydroxyl groups excluding tert-OH is 1. The highest BCUT2D eigenvalue weighted by molar-refractivity contribution is 5.94. The molecule has 6 atom stereocenters. The van der Waals surface area contributed by atoms with Crippen molar-refractivity contribution in [3.63, 3.8) is 0 Å². The van der Waals surface area contributed by atoms with Gasteiger partial charge in [-0.15, -0.1) is 0 Å². The summed E-state index contributed by atoms with van der Waals surface area (Å²) in [4.78, 5) is 62.0. The second-order valence-electron chi connectivity index (χ2n) is 9.45. The fraction of sp³-hybridized carbons (Fsp3) is 0.792. The molecule has 0 unspecified atom stereocenters. The molecule has 0 fully saturated rings. The number of unbranched alkanes of at least 4 members (excludes halogenated alkanes) is 2. The number of nitrogens with one attached hydrogen (secondary N) is 4. The van der Waals surface area contributed by atoms with Gasteiger partial charge in [0.15, 0.2) is 0 Å². The van der Waals surface area contributed by atoms with E-state index in [2.05, 4.69) is 21.3 Å². The van der Waals surface area contributed by atoms with E-state index in [1.165, 1.54) is 6.92 Å². The Hall–Kier alpha value is -2.81. The summed E-state index contributed by atoms with van der Waals surface area (Å²) in [5.74, 6) is -4.42. The number of carbonyl (C=O) groups is 5. The van der Waals surface area contributed by atoms with Crippen molar-refractivity contribution in [3.05, 3.63) is 0 Å². The van der Waals surface area contributed by atoms with Crippen LogP contribution in [0.15, 0.2) is 0 Å². The number of carboxylic acid groups (broad SMARTS) is 1. The average Bonchev–Trinajstić information content (AvgIpc) is 2.87. The predicted octanol–water partition coefficient (Wildman–Crippen LogP) is -2.35. The van der Waals surface area contributed by atoms with Crippen molar-refractivity contribution in [3.8, 4) is 0 Å². The molecule has 0 radical (unpaired) electrons. The number of nitrogens with two attached hydrogens (primary N) is 3. The van der Waals surface area contributed by atoms with Gasteiger partial charge in [0.25, 0.3) is 0 Å². The standard InChI is InChI=1S/C24H47N7O7/c1-4-14(2)19(24(37)38)30-23(36)20(15(3)32)31-22(35)17(10-6-8-12-26)29-18(33)13-28-21(34)16(27)9-5-7-11-25/h14-17,19-20,32H,4-13,25-27H2,1-3H3,(H,28,34)(H,29,33)(H,30,36)(H,31,35)(H,37,38)/t14-,15+,16-,17-,19-,20-/m0/s1. The van der Waals surface area contributed by atoms with E-state index in [0.717, 1.165) is 6.42 Å². The average molecular weight is 546 g/mol. The molecule has 0 spiro atoms. The summed E-state index contributed by atoms with van der Waals surface area (Å²) in [6.07, 6.45) is 2.16. The third-order valence-corrected chi connectivity index (χ3v) is 6.17. The highest BCUT2D eigenvalue weighted by Gasteiger charge is 2.33. The third kappa shape index (κ3) is 13.7. The van der Waals surface area contributed by atoms with E-state index in [1.54, 1.807) is 13.8 Å². The van der Waals surface area contributed by atoms with Gasteiger partial charge in [-0.1, -0.05) is 26.7 Å². The van der Waals surface area contributed by atoms with Crippen LogP contribution < -0.4 is 38.5 Å². The number of carbonyl (C=O) groups excluding carboxylic acids is 4. The molecule has 0 rings (SSSR count). The molecule has 0 aliphatic carbocycles. The number of hydrogen-bond donors (Lipinski definition) is 9. The lowest BCUT2D eigenvalue weighted by Crippen LogP contribution is -2.60. The minimum absolute atomic E-state index is 0.181. The van der Waals surface area contributed by atoms with Gasteiger partial charge in [-0.25, -0.2) is 4.79 Å². The first kappa shape index (κ1) is 35.2. The molecule has 0 heterocycles. The molecule has 0 aromatic carbocycles. The van der Waals surface area contributed by atoms with E-state index in [4.69, 9.17) is 17.2 Å². The zero-order valence-corrected chi connectivity index (χ0v) is 22.7. The second-order valence-corrected chi connectivity index (χ2v) is 9.45. The topological polar surface area (TPSA) is 252 Å². The first-order chi connectivity index (χ1) is 17.9. The van der Waals surface area contributed by atoms with E-state index >= 15 is 0 Å². The van der Waals surface area contributed by atoms with Gasteiger partial charge in [-0.05, 0) is 58.0 Å². The van der Waals surface area contributed by atoms with Crippen molar-refractivity contribution in [1.82, 2.24) is 21.3 Å². The maximum absolute atomic E-state index is 13.0. The highest BCUT2D eigenvalue weighted by Crippen LogP contribution is 2.09. The van der Waals surface area contributed by atoms with Crippen molar-refractivity contribution in [2.75, 3.05) is 19.6 Å². The Balaban J connectivity index is 5.29. The molecular formula is C24H47N7O7. The molecule has 12 N–H and O–H groups in total. The highest BCUT2D eigenvalue weighted by atomic mass is 16.4. The van der Waals surface area contributed by atoms with E-state index in [-0.39, 0.29) is 6.42 Å². The van der Waals surface area contributed by atoms with Crippen molar-refractivity contribution in [2.45, 2.75) is 96.0 Å². The van der Waals surface area contributed by atoms with Crippen molar-refractivity contribution in [1.29, 1.82) is 0 Å². The Labute approximate surface area is 224 Å². The summed E-state index contributed by atoms with van der Waals surface area (Å²) in [6, 6.07) is -4.57. The minimum Gasteiger partial charge on any atom is -0.480 e. The number of aliphatic carboxylic acids is 1. The van der Waals surface area contributed by atoms with Crippen LogP contribution in [0.5, 0.6) is 0 Å². The lowest BCUT2D eigenvalue weighted by Gasteiger charge is -2.27. The van der Waals surface area contributed by atoms with Gasteiger partial charge in [0, 0.05) is 0 Å². The van der Waals surface area contributed by atoms with Crippen LogP contribution in [0.2, 0.25) is 0 Å². The monoisotopic (exact) mass is 545 g/mol. The fourth-order valence-electron chi connectivity index (χ4n) is 3.53. The van der Waals surface area contributed by atoms with Gasteiger partial charge in [-0.2, -0.15) is 0 Å². The van der Waals surface area contributed by atoms with Crippen molar-refractivity contribution < 1.29 is 34.2 Å². The summed E-state index contributed by atoms with van der Waals surface area (Å²) in [7, 11) is 0. The van der Waals surface area contributed by atoms with Crippen LogP contribution in [0.3, 0.4) is 0 Å². The molecule has 14 nitrogen and oxygen atoms in total. The number of amides is 4. The van der Waals surface area contributed by atoms with Gasteiger partial charge in [0.05, 0.1) is 18.7 Å². The Morgan fingerprint density at radius 3 is 1.84 bits per heavy atom. The van der Waals surface area contributed by atoms with Crippen LogP contribution in [0, 0.1) is 5.92 Å². The molecule has 0 saturated heterocycles. The molecule has 0 aromatic heterocycles. The van der Waals surface area contributed by atoms with Crippen LogP contribution in [0.25, 0.3) is 0 Å². The number of carboxylic acids is 1. The van der Waals surface area contributed by atoms with Crippen LogP contribution in [-0.4, -0.2) is 89.7 Å². The molecule has 0 bridgehead atoms. The molecule has 0 aromatic rings. The van der Waals surface area contributed by atoms with Crippen LogP contribution in [-0.2, 0) is 24.0 Å². The summed E-state index contributed by atoms with van der Waals surface area (Å²) >= 11 is 0. The Kier molecular flexibility index (Phi) is 17.9. The zero-order chi connectivity index (χ0) is 29.3. The van der Waals surface area contributed by atoms with Crippen LogP contribution in [0.4, 0.5) is 0 Å². The molecule has 0 aliphatic heterocycles. The van der Waals surface area contributed by atoms with E-state index in [1.807, 2.05) is 0 Å². The molecule has 14 heteroatoms. The molecular weight excluding hydrogens is 498 g/mol. The summed E-state index contributed by atoms with van der Waals surface area (Å²) < 4.78 is 0. The van der Waals surface area contributed by atoms with Crippen LogP contribution in [0.1, 0.15) is 65.7 Å². The lowest BCUT2D eigenvalue weighted by atomic mass is 9.98. The summed E-state index contributed by atoms with van der Waals surface area (Å²) in [5, 5.41) is 29.3. The minimum atomic E-state index is -1.46. The van der Waals surface area contributed by atoms with E-state index < -0.39 is 72.3 Å². The van der Waals surface area contributed by atoms with Crippen molar-refractivity contribution in [2.24, 2.45) is 23.1 Å². The summed E-state index contributed by atoms with van der Waals surface area (Å²) in [6.45, 7) is 5.14. The SMILES string of the molecule is CC[C@H](C)[C@H](NC(=O)[C@@H](NC(=O)[C@H](CCCCN)NC(=O)CNC(=O)[C@@H](N)CCCCN)[C@@H](C)O)C(=O)O. The maximum atomic E-state index is 13.0. The smallest absolute Gasteiger partial charge is 0.326 e. The first-order valence-electron chi connectivity index (χ1n) is 13.1. The second kappa shape index (κ2) is 19.3. The summed E-state index contributed by atoms with van der Waals surface area (Å²) in [5.41, 5.74) is 16.8. The normalized spacial score (nSPS) is 15.8. The number of hydrogen-bond acceptors (Lipinski definition) is 9. The molecule has 4 amide bonds. The van der Waals surface area contributed by atoms with Crippen LogP contribution >= 0.6 is 0 Å². The molecule has 220 valence electrons. The van der Waals surface area contributed by atoms with Gasteiger partial charge < -0.3 is 48.7 Å². The largest absolute Gasteiger partial charge is 0.480 e. The molecule has 38 heavy (non-hydrogen) atoms. The lowest BCUT2D eigenvalue weighted by molar-refractivity contribution is -0.144. The Morgan fingerprint density at radius 1 is 0.789 bits per heavy atom. The molecule has 0 saturated carbocycles. The van der Waals surface area contributed by atoms with Crippen molar-refractivity contribution >= 4 is 29.6 Å². The maximum Gasteiger partial charge on any atom is 0.326 e. The van der Waals surface area contributed by atoms with E-state index in [9.17, 15) is 34.2 Å². The third-order valence-electron chi connectivity index (χ3n) is 6.17. The van der Waals surface area contributed by atoms with E-state index in [0.29, 0.717) is 45.2 Å². The quantitative estimate of drug-likeness (QED) is 0.0736. The first-order valence-corrected chi connectivity index (χ1v) is 13.1. The zero-order valence-electron chi connectivity index (χ0n) is 22.7. The predicted molar refractivity (Wildman–Crippen MR) is 141 cm³/mol. The number of aliphatic hydroxyl groups is 1. The number of rotatable bonds is 20. The Morgan fingerprint density at radius 2 is 1.34 bits per heavy atom. The fourth-order valence-corrected chi connectivity index (χ4v) is 3.53. The van der Waals surface area contributed by atoms with Gasteiger partial charge in [-0.3, -0.25) is 19.2 Å². The van der Waals surface area contributed by atoms with Gasteiger partial charge >= 0.3 is 5.97 Å². The van der Waals surface area contributed by atoms with Gasteiger partial charge in [0.1, 0.15) is 18.1 Å². The molecule has 0 aliphatic rings.